The number of aliphatic hydroxyl groups is 1. The molecule has 34 heavy (non-hydrogen) atoms. The lowest BCUT2D eigenvalue weighted by atomic mass is 10.0. The number of pyridine rings is 2. The van der Waals surface area contributed by atoms with Gasteiger partial charge in [-0.25, -0.2) is 4.98 Å². The number of hydrogen-bond acceptors (Lipinski definition) is 7. The molecule has 172 valence electrons. The first kappa shape index (κ1) is 22.1. The smallest absolute Gasteiger partial charge is 0.314 e. The number of benzene rings is 1. The van der Waals surface area contributed by atoms with Gasteiger partial charge in [-0.3, -0.25) is 9.78 Å². The van der Waals surface area contributed by atoms with Crippen molar-refractivity contribution in [2.24, 2.45) is 0 Å². The monoisotopic (exact) mass is 483 g/mol. The Labute approximate surface area is 196 Å². The van der Waals surface area contributed by atoms with E-state index in [2.05, 4.69) is 20.2 Å². The zero-order valence-electron chi connectivity index (χ0n) is 17.3. The van der Waals surface area contributed by atoms with Gasteiger partial charge in [-0.1, -0.05) is 29.8 Å². The van der Waals surface area contributed by atoms with Crippen LogP contribution < -0.4 is 0 Å². The topological polar surface area (TPSA) is 105 Å². The lowest BCUT2D eigenvalue weighted by molar-refractivity contribution is 0.0332. The molecule has 0 saturated carbocycles. The van der Waals surface area contributed by atoms with Crippen LogP contribution in [0.2, 0.25) is 5.15 Å². The molecule has 1 aromatic carbocycles. The van der Waals surface area contributed by atoms with Gasteiger partial charge in [0.05, 0.1) is 11.4 Å². The SMILES string of the molecule is O=C1c2cc(-c3nnc(C(F)F)o3)ccc2CN1C(c1ccccn1)C(O)c1cccc(Cl)n1. The summed E-state index contributed by atoms with van der Waals surface area (Å²) in [5.41, 5.74) is 2.12. The predicted molar refractivity (Wildman–Crippen MR) is 116 cm³/mol. The minimum atomic E-state index is -2.89. The van der Waals surface area contributed by atoms with Crippen LogP contribution >= 0.6 is 11.6 Å². The van der Waals surface area contributed by atoms with E-state index in [0.29, 0.717) is 22.4 Å². The molecular weight excluding hydrogens is 468 g/mol. The molecule has 0 spiro atoms. The van der Waals surface area contributed by atoms with Gasteiger partial charge in [0.15, 0.2) is 0 Å². The fourth-order valence-electron chi connectivity index (χ4n) is 3.91. The fraction of sp³-hybridized carbons (Fsp3) is 0.174. The molecule has 2 atom stereocenters. The Kier molecular flexibility index (Phi) is 5.76. The Morgan fingerprint density at radius 1 is 1.06 bits per heavy atom. The summed E-state index contributed by atoms with van der Waals surface area (Å²) in [6.07, 6.45) is -2.54. The average molecular weight is 484 g/mol. The van der Waals surface area contributed by atoms with Crippen molar-refractivity contribution in [1.82, 2.24) is 25.1 Å². The molecule has 8 nitrogen and oxygen atoms in total. The summed E-state index contributed by atoms with van der Waals surface area (Å²) >= 11 is 6.01. The maximum Gasteiger partial charge on any atom is 0.314 e. The van der Waals surface area contributed by atoms with Gasteiger partial charge in [-0.05, 0) is 42.0 Å². The number of carbonyl (C=O) groups excluding carboxylic acids is 1. The number of nitrogens with zero attached hydrogens (tertiary/aromatic N) is 5. The summed E-state index contributed by atoms with van der Waals surface area (Å²) in [5.74, 6) is -1.29. The molecule has 5 rings (SSSR count). The normalized spacial score (nSPS) is 15.0. The maximum absolute atomic E-state index is 13.5. The van der Waals surface area contributed by atoms with E-state index in [-0.39, 0.29) is 29.2 Å². The van der Waals surface area contributed by atoms with E-state index >= 15 is 0 Å². The molecule has 1 N–H and O–H groups in total. The zero-order chi connectivity index (χ0) is 23.8. The second kappa shape index (κ2) is 8.88. The van der Waals surface area contributed by atoms with Crippen molar-refractivity contribution >= 4 is 17.5 Å². The van der Waals surface area contributed by atoms with Crippen molar-refractivity contribution in [2.75, 3.05) is 0 Å². The van der Waals surface area contributed by atoms with Crippen molar-refractivity contribution in [1.29, 1.82) is 0 Å². The highest BCUT2D eigenvalue weighted by atomic mass is 35.5. The summed E-state index contributed by atoms with van der Waals surface area (Å²) in [6.45, 7) is 0.194. The Morgan fingerprint density at radius 3 is 2.59 bits per heavy atom. The number of rotatable bonds is 6. The minimum Gasteiger partial charge on any atom is -0.415 e. The van der Waals surface area contributed by atoms with E-state index in [0.717, 1.165) is 0 Å². The third-order valence-corrected chi connectivity index (χ3v) is 5.69. The van der Waals surface area contributed by atoms with Gasteiger partial charge in [-0.15, -0.1) is 10.2 Å². The van der Waals surface area contributed by atoms with Gasteiger partial charge in [0, 0.05) is 23.9 Å². The van der Waals surface area contributed by atoms with Crippen molar-refractivity contribution < 1.29 is 23.1 Å². The van der Waals surface area contributed by atoms with Crippen molar-refractivity contribution in [3.8, 4) is 11.5 Å². The highest BCUT2D eigenvalue weighted by Gasteiger charge is 2.39. The number of hydrogen-bond donors (Lipinski definition) is 1. The molecule has 11 heteroatoms. The first-order valence-electron chi connectivity index (χ1n) is 10.2. The van der Waals surface area contributed by atoms with Gasteiger partial charge in [-0.2, -0.15) is 8.78 Å². The van der Waals surface area contributed by atoms with Crippen LogP contribution in [0.5, 0.6) is 0 Å². The number of halogens is 3. The number of carbonyl (C=O) groups is 1. The number of aliphatic hydroxyl groups excluding tert-OH is 1. The lowest BCUT2D eigenvalue weighted by Crippen LogP contribution is -2.34. The van der Waals surface area contributed by atoms with Crippen molar-refractivity contribution in [2.45, 2.75) is 25.1 Å². The van der Waals surface area contributed by atoms with Crippen LogP contribution in [0.15, 0.2) is 65.2 Å². The van der Waals surface area contributed by atoms with Crippen LogP contribution in [0.25, 0.3) is 11.5 Å². The number of aromatic nitrogens is 4. The largest absolute Gasteiger partial charge is 0.415 e. The zero-order valence-corrected chi connectivity index (χ0v) is 18.1. The number of alkyl halides is 2. The summed E-state index contributed by atoms with van der Waals surface area (Å²) in [7, 11) is 0. The van der Waals surface area contributed by atoms with Crippen molar-refractivity contribution in [3.63, 3.8) is 0 Å². The van der Waals surface area contributed by atoms with Crippen LogP contribution in [0.4, 0.5) is 8.78 Å². The molecule has 4 aromatic rings. The first-order valence-corrected chi connectivity index (χ1v) is 10.6. The van der Waals surface area contributed by atoms with E-state index in [1.165, 1.54) is 11.0 Å². The van der Waals surface area contributed by atoms with Crippen LogP contribution in [0, 0.1) is 0 Å². The van der Waals surface area contributed by atoms with E-state index in [1.54, 1.807) is 54.7 Å². The van der Waals surface area contributed by atoms with Crippen LogP contribution in [0.1, 0.15) is 51.8 Å². The molecule has 0 bridgehead atoms. The standard InChI is InChI=1S/C23H16ClF2N5O3/c24-17-6-3-5-16(28-17)19(32)18(15-4-1-2-9-27-15)31-11-13-8-7-12(10-14(13)23(31)33)21-29-30-22(34-21)20(25)26/h1-10,18-20,32H,11H2. The highest BCUT2D eigenvalue weighted by Crippen LogP contribution is 2.39. The van der Waals surface area contributed by atoms with Crippen molar-refractivity contribution in [3.05, 3.63) is 94.4 Å². The maximum atomic E-state index is 13.5. The first-order chi connectivity index (χ1) is 16.4. The third kappa shape index (κ3) is 4.02. The Hall–Kier alpha value is -3.76. The van der Waals surface area contributed by atoms with Crippen LogP contribution in [-0.2, 0) is 6.54 Å². The second-order valence-electron chi connectivity index (χ2n) is 7.58. The highest BCUT2D eigenvalue weighted by molar-refractivity contribution is 6.29. The molecule has 0 saturated heterocycles. The Bertz CT molecular complexity index is 1350. The lowest BCUT2D eigenvalue weighted by Gasteiger charge is -2.31. The van der Waals surface area contributed by atoms with Gasteiger partial charge in [0.2, 0.25) is 5.89 Å². The molecule has 0 aliphatic carbocycles. The van der Waals surface area contributed by atoms with E-state index in [1.807, 2.05) is 0 Å². The summed E-state index contributed by atoms with van der Waals surface area (Å²) in [4.78, 5) is 23.5. The summed E-state index contributed by atoms with van der Waals surface area (Å²) in [5, 5.41) is 18.4. The van der Waals surface area contributed by atoms with Gasteiger partial charge < -0.3 is 14.4 Å². The third-order valence-electron chi connectivity index (χ3n) is 5.48. The van der Waals surface area contributed by atoms with E-state index in [4.69, 9.17) is 16.0 Å². The molecule has 1 aliphatic heterocycles. The molecule has 0 radical (unpaired) electrons. The molecule has 1 amide bonds. The van der Waals surface area contributed by atoms with Gasteiger partial charge in [0.1, 0.15) is 17.3 Å². The minimum absolute atomic E-state index is 0.117. The van der Waals surface area contributed by atoms with E-state index in [9.17, 15) is 18.7 Å². The van der Waals surface area contributed by atoms with Gasteiger partial charge >= 0.3 is 6.43 Å². The Balaban J connectivity index is 1.51. The second-order valence-corrected chi connectivity index (χ2v) is 7.97. The van der Waals surface area contributed by atoms with Crippen LogP contribution in [-0.4, -0.2) is 36.1 Å². The molecular formula is C23H16ClF2N5O3. The fourth-order valence-corrected chi connectivity index (χ4v) is 4.08. The van der Waals surface area contributed by atoms with E-state index < -0.39 is 24.5 Å². The Morgan fingerprint density at radius 2 is 1.88 bits per heavy atom. The molecule has 3 aromatic heterocycles. The summed E-state index contributed by atoms with van der Waals surface area (Å²) < 4.78 is 30.6. The molecule has 4 heterocycles. The predicted octanol–water partition coefficient (Wildman–Crippen LogP) is 4.55. The van der Waals surface area contributed by atoms with Gasteiger partial charge in [0.25, 0.3) is 11.8 Å². The quantitative estimate of drug-likeness (QED) is 0.401. The average Bonchev–Trinajstić information content (AvgIpc) is 3.46. The number of fused-ring (bicyclic) bond motifs is 1. The molecule has 2 unspecified atom stereocenters. The molecule has 1 aliphatic rings. The summed E-state index contributed by atoms with van der Waals surface area (Å²) in [6, 6.07) is 14.0. The number of amides is 1. The molecule has 0 fully saturated rings. The van der Waals surface area contributed by atoms with Crippen LogP contribution in [0.3, 0.4) is 0 Å².